The summed E-state index contributed by atoms with van der Waals surface area (Å²) in [5.41, 5.74) is 5.56. The number of amides is 1. The van der Waals surface area contributed by atoms with Crippen LogP contribution in [0.5, 0.6) is 0 Å². The molecule has 1 unspecified atom stereocenters. The lowest BCUT2D eigenvalue weighted by atomic mass is 10.1. The van der Waals surface area contributed by atoms with E-state index >= 15 is 0 Å². The lowest BCUT2D eigenvalue weighted by molar-refractivity contribution is -0.116. The predicted molar refractivity (Wildman–Crippen MR) is 67.5 cm³/mol. The van der Waals surface area contributed by atoms with Gasteiger partial charge in [-0.05, 0) is 37.1 Å². The van der Waals surface area contributed by atoms with Crippen molar-refractivity contribution in [3.8, 4) is 0 Å². The van der Waals surface area contributed by atoms with E-state index in [0.717, 1.165) is 0 Å². The van der Waals surface area contributed by atoms with E-state index in [0.29, 0.717) is 24.4 Å². The highest BCUT2D eigenvalue weighted by Crippen LogP contribution is 2.19. The number of carbonyl (C=O) groups excluding carboxylic acids is 1. The van der Waals surface area contributed by atoms with E-state index in [-0.39, 0.29) is 17.5 Å². The van der Waals surface area contributed by atoms with Gasteiger partial charge in [-0.3, -0.25) is 4.79 Å². The van der Waals surface area contributed by atoms with E-state index in [4.69, 9.17) is 17.3 Å². The van der Waals surface area contributed by atoms with Crippen LogP contribution in [0.4, 0.5) is 10.1 Å². The second kappa shape index (κ2) is 6.57. The van der Waals surface area contributed by atoms with Crippen LogP contribution in [0, 0.1) is 11.7 Å². The van der Waals surface area contributed by atoms with Gasteiger partial charge < -0.3 is 11.1 Å². The summed E-state index contributed by atoms with van der Waals surface area (Å²) in [6.45, 7) is 2.51. The molecule has 17 heavy (non-hydrogen) atoms. The molecule has 0 fully saturated rings. The molecule has 0 saturated carbocycles. The third kappa shape index (κ3) is 4.71. The van der Waals surface area contributed by atoms with E-state index in [1.54, 1.807) is 0 Å². The fourth-order valence-electron chi connectivity index (χ4n) is 1.30. The average molecular weight is 259 g/mol. The molecule has 0 aliphatic rings. The van der Waals surface area contributed by atoms with Gasteiger partial charge in [0, 0.05) is 11.4 Å². The van der Waals surface area contributed by atoms with E-state index < -0.39 is 5.82 Å². The number of hydrogen-bond acceptors (Lipinski definition) is 2. The van der Waals surface area contributed by atoms with Crippen molar-refractivity contribution < 1.29 is 9.18 Å². The number of anilines is 1. The number of rotatable bonds is 5. The molecule has 1 aromatic rings. The SMILES string of the molecule is CC(CN)CCC(=O)Nc1cc(Cl)ccc1F. The molecule has 0 aliphatic carbocycles. The lowest BCUT2D eigenvalue weighted by Gasteiger charge is -2.09. The maximum atomic E-state index is 13.3. The Labute approximate surface area is 105 Å². The Morgan fingerprint density at radius 2 is 2.29 bits per heavy atom. The number of nitrogens with two attached hydrogens (primary N) is 1. The van der Waals surface area contributed by atoms with Crippen LogP contribution >= 0.6 is 11.6 Å². The molecular formula is C12H16ClFN2O. The molecule has 0 spiro atoms. The van der Waals surface area contributed by atoms with Gasteiger partial charge in [-0.15, -0.1) is 0 Å². The van der Waals surface area contributed by atoms with Crippen molar-refractivity contribution >= 4 is 23.2 Å². The first-order valence-corrected chi connectivity index (χ1v) is 5.85. The first-order valence-electron chi connectivity index (χ1n) is 5.48. The largest absolute Gasteiger partial charge is 0.330 e. The standard InChI is InChI=1S/C12H16ClFN2O/c1-8(7-15)2-5-12(17)16-11-6-9(13)3-4-10(11)14/h3-4,6,8H,2,5,7,15H2,1H3,(H,16,17). The molecule has 3 N–H and O–H groups in total. The molecule has 3 nitrogen and oxygen atoms in total. The predicted octanol–water partition coefficient (Wildman–Crippen LogP) is 2.79. The van der Waals surface area contributed by atoms with Gasteiger partial charge in [-0.1, -0.05) is 18.5 Å². The minimum absolute atomic E-state index is 0.114. The number of halogens is 2. The first kappa shape index (κ1) is 13.9. The van der Waals surface area contributed by atoms with Crippen molar-refractivity contribution in [3.63, 3.8) is 0 Å². The third-order valence-electron chi connectivity index (χ3n) is 2.47. The van der Waals surface area contributed by atoms with Gasteiger partial charge in [0.1, 0.15) is 5.82 Å². The van der Waals surface area contributed by atoms with Gasteiger partial charge in [0.25, 0.3) is 0 Å². The minimum atomic E-state index is -0.491. The number of benzene rings is 1. The van der Waals surface area contributed by atoms with Crippen molar-refractivity contribution in [1.29, 1.82) is 0 Å². The van der Waals surface area contributed by atoms with Crippen molar-refractivity contribution in [2.75, 3.05) is 11.9 Å². The number of hydrogen-bond donors (Lipinski definition) is 2. The summed E-state index contributed by atoms with van der Waals surface area (Å²) in [4.78, 5) is 11.5. The summed E-state index contributed by atoms with van der Waals surface area (Å²) in [6, 6.07) is 4.05. The van der Waals surface area contributed by atoms with Gasteiger partial charge in [0.15, 0.2) is 0 Å². The molecule has 0 aliphatic heterocycles. The minimum Gasteiger partial charge on any atom is -0.330 e. The summed E-state index contributed by atoms with van der Waals surface area (Å²) in [5, 5.41) is 2.88. The molecular weight excluding hydrogens is 243 g/mol. The molecule has 1 rings (SSSR count). The Bertz CT molecular complexity index is 398. The van der Waals surface area contributed by atoms with Gasteiger partial charge in [0.05, 0.1) is 5.69 Å². The maximum Gasteiger partial charge on any atom is 0.224 e. The van der Waals surface area contributed by atoms with Crippen molar-refractivity contribution in [3.05, 3.63) is 29.0 Å². The zero-order chi connectivity index (χ0) is 12.8. The fourth-order valence-corrected chi connectivity index (χ4v) is 1.47. The van der Waals surface area contributed by atoms with Gasteiger partial charge in [0.2, 0.25) is 5.91 Å². The molecule has 1 atom stereocenters. The molecule has 0 heterocycles. The van der Waals surface area contributed by atoms with E-state index in [9.17, 15) is 9.18 Å². The summed E-state index contributed by atoms with van der Waals surface area (Å²) >= 11 is 5.72. The third-order valence-corrected chi connectivity index (χ3v) is 2.70. The zero-order valence-corrected chi connectivity index (χ0v) is 10.4. The van der Waals surface area contributed by atoms with Crippen molar-refractivity contribution in [2.24, 2.45) is 11.7 Å². The number of carbonyl (C=O) groups is 1. The highest BCUT2D eigenvalue weighted by molar-refractivity contribution is 6.30. The highest BCUT2D eigenvalue weighted by atomic mass is 35.5. The van der Waals surface area contributed by atoms with Crippen LogP contribution in [0.1, 0.15) is 19.8 Å². The summed E-state index contributed by atoms with van der Waals surface area (Å²) in [7, 11) is 0. The van der Waals surface area contributed by atoms with Gasteiger partial charge >= 0.3 is 0 Å². The van der Waals surface area contributed by atoms with Crippen LogP contribution in [0.15, 0.2) is 18.2 Å². The quantitative estimate of drug-likeness (QED) is 0.853. The van der Waals surface area contributed by atoms with Crippen LogP contribution < -0.4 is 11.1 Å². The molecule has 0 saturated heterocycles. The smallest absolute Gasteiger partial charge is 0.224 e. The molecule has 5 heteroatoms. The molecule has 0 radical (unpaired) electrons. The second-order valence-electron chi connectivity index (χ2n) is 4.05. The fraction of sp³-hybridized carbons (Fsp3) is 0.417. The molecule has 0 bridgehead atoms. The van der Waals surface area contributed by atoms with Crippen LogP contribution in [0.2, 0.25) is 5.02 Å². The zero-order valence-electron chi connectivity index (χ0n) is 9.67. The topological polar surface area (TPSA) is 55.1 Å². The molecule has 94 valence electrons. The van der Waals surface area contributed by atoms with E-state index in [1.807, 2.05) is 6.92 Å². The summed E-state index contributed by atoms with van der Waals surface area (Å²) in [6.07, 6.45) is 1.01. The Hall–Kier alpha value is -1.13. The lowest BCUT2D eigenvalue weighted by Crippen LogP contribution is -2.16. The Balaban J connectivity index is 2.53. The summed E-state index contributed by atoms with van der Waals surface area (Å²) < 4.78 is 13.3. The first-order chi connectivity index (χ1) is 8.02. The average Bonchev–Trinajstić information content (AvgIpc) is 2.30. The molecule has 1 amide bonds. The van der Waals surface area contributed by atoms with Crippen LogP contribution in [-0.2, 0) is 4.79 Å². The van der Waals surface area contributed by atoms with Crippen LogP contribution in [0.3, 0.4) is 0 Å². The van der Waals surface area contributed by atoms with E-state index in [2.05, 4.69) is 5.32 Å². The number of nitrogens with one attached hydrogen (secondary N) is 1. The molecule has 1 aromatic carbocycles. The van der Waals surface area contributed by atoms with Crippen molar-refractivity contribution in [2.45, 2.75) is 19.8 Å². The monoisotopic (exact) mass is 258 g/mol. The second-order valence-corrected chi connectivity index (χ2v) is 4.49. The Kier molecular flexibility index (Phi) is 5.38. The van der Waals surface area contributed by atoms with Crippen molar-refractivity contribution in [1.82, 2.24) is 0 Å². The maximum absolute atomic E-state index is 13.3. The Morgan fingerprint density at radius 3 is 2.94 bits per heavy atom. The summed E-state index contributed by atoms with van der Waals surface area (Å²) in [5.74, 6) is -0.439. The van der Waals surface area contributed by atoms with Crippen LogP contribution in [0.25, 0.3) is 0 Å². The van der Waals surface area contributed by atoms with Crippen LogP contribution in [-0.4, -0.2) is 12.5 Å². The Morgan fingerprint density at radius 1 is 1.59 bits per heavy atom. The highest BCUT2D eigenvalue weighted by Gasteiger charge is 2.09. The normalized spacial score (nSPS) is 12.2. The van der Waals surface area contributed by atoms with Gasteiger partial charge in [-0.2, -0.15) is 0 Å². The van der Waals surface area contributed by atoms with Gasteiger partial charge in [-0.25, -0.2) is 4.39 Å². The van der Waals surface area contributed by atoms with E-state index in [1.165, 1.54) is 18.2 Å². The molecule has 0 aromatic heterocycles.